The quantitative estimate of drug-likeness (QED) is 0.536. The van der Waals surface area contributed by atoms with E-state index in [1.165, 1.54) is 11.1 Å². The minimum Gasteiger partial charge on any atom is -0.245 e. The summed E-state index contributed by atoms with van der Waals surface area (Å²) >= 11 is 5.54. The Bertz CT molecular complexity index is 430. The van der Waals surface area contributed by atoms with Gasteiger partial charge in [-0.1, -0.05) is 48.5 Å². The molecule has 0 radical (unpaired) electrons. The lowest BCUT2D eigenvalue weighted by atomic mass is 10.0. The smallest absolute Gasteiger partial charge is 0.121 e. The zero-order valence-electron chi connectivity index (χ0n) is 9.05. The van der Waals surface area contributed by atoms with Crippen molar-refractivity contribution in [1.29, 1.82) is 0 Å². The summed E-state index contributed by atoms with van der Waals surface area (Å²) in [6, 6.07) is 6.21. The average Bonchev–Trinajstić information content (AvgIpc) is 2.14. The molecule has 0 fully saturated rings. The van der Waals surface area contributed by atoms with Gasteiger partial charge in [-0.15, -0.1) is 0 Å². The highest BCUT2D eigenvalue weighted by Gasteiger charge is 2.00. The van der Waals surface area contributed by atoms with Crippen molar-refractivity contribution in [3.8, 4) is 0 Å². The van der Waals surface area contributed by atoms with Crippen LogP contribution in [0.5, 0.6) is 0 Å². The van der Waals surface area contributed by atoms with Crippen LogP contribution >= 0.6 is 11.6 Å². The highest BCUT2D eigenvalue weighted by Crippen LogP contribution is 2.17. The maximum atomic E-state index is 5.54. The molecule has 1 aromatic carbocycles. The Balaban J connectivity index is 2.97. The summed E-state index contributed by atoms with van der Waals surface area (Å²) in [7, 11) is 0. The van der Waals surface area contributed by atoms with Gasteiger partial charge in [-0.05, 0) is 30.5 Å². The van der Waals surface area contributed by atoms with E-state index in [9.17, 15) is 0 Å². The molecule has 0 atom stereocenters. The van der Waals surface area contributed by atoms with E-state index in [2.05, 4.69) is 44.1 Å². The van der Waals surface area contributed by atoms with Crippen LogP contribution in [-0.2, 0) is 0 Å². The van der Waals surface area contributed by atoms with Crippen molar-refractivity contribution in [3.05, 3.63) is 53.2 Å². The van der Waals surface area contributed by atoms with Crippen LogP contribution in [0.1, 0.15) is 16.7 Å². The largest absolute Gasteiger partial charge is 0.245 e. The maximum absolute atomic E-state index is 5.54. The number of aliphatic imine (C=N–C) groups is 1. The van der Waals surface area contributed by atoms with E-state index in [-0.39, 0.29) is 5.16 Å². The van der Waals surface area contributed by atoms with Crippen molar-refractivity contribution in [2.75, 3.05) is 0 Å². The van der Waals surface area contributed by atoms with Crippen LogP contribution in [0.2, 0.25) is 0 Å². The first-order valence-electron chi connectivity index (χ1n) is 4.65. The highest BCUT2D eigenvalue weighted by atomic mass is 35.5. The Morgan fingerprint density at radius 3 is 2.53 bits per heavy atom. The second-order valence-corrected chi connectivity index (χ2v) is 3.91. The molecule has 1 nitrogen and oxygen atoms in total. The molecule has 0 spiro atoms. The fourth-order valence-electron chi connectivity index (χ4n) is 1.39. The molecule has 0 saturated carbocycles. The third kappa shape index (κ3) is 3.37. The zero-order chi connectivity index (χ0) is 11.4. The van der Waals surface area contributed by atoms with Crippen LogP contribution in [0.4, 0.5) is 0 Å². The van der Waals surface area contributed by atoms with Crippen LogP contribution in [0, 0.1) is 13.8 Å². The number of nitrogens with zero attached hydrogens (tertiary/aromatic N) is 1. The van der Waals surface area contributed by atoms with E-state index in [1.807, 2.05) is 6.07 Å². The monoisotopic (exact) mass is 219 g/mol. The van der Waals surface area contributed by atoms with E-state index in [1.54, 1.807) is 6.21 Å². The summed E-state index contributed by atoms with van der Waals surface area (Å²) in [6.45, 7) is 11.5. The topological polar surface area (TPSA) is 12.4 Å². The molecule has 1 rings (SSSR count). The summed E-state index contributed by atoms with van der Waals surface area (Å²) in [5.41, 5.74) is 4.35. The molecule has 0 N–H and O–H groups in total. The molecule has 0 unspecified atom stereocenters. The third-order valence-electron chi connectivity index (χ3n) is 2.09. The first-order valence-corrected chi connectivity index (χ1v) is 5.03. The first-order chi connectivity index (χ1) is 7.00. The molecule has 0 bridgehead atoms. The van der Waals surface area contributed by atoms with Gasteiger partial charge in [0.2, 0.25) is 0 Å². The molecule has 0 heterocycles. The van der Waals surface area contributed by atoms with E-state index in [0.29, 0.717) is 0 Å². The Hall–Kier alpha value is -1.34. The Labute approximate surface area is 95.8 Å². The number of allylic oxidation sites excluding steroid dienone is 1. The van der Waals surface area contributed by atoms with Gasteiger partial charge in [0.05, 0.1) is 0 Å². The summed E-state index contributed by atoms with van der Waals surface area (Å²) in [5.74, 6) is 0. The van der Waals surface area contributed by atoms with E-state index in [4.69, 9.17) is 11.6 Å². The van der Waals surface area contributed by atoms with Crippen molar-refractivity contribution >= 4 is 23.4 Å². The van der Waals surface area contributed by atoms with Gasteiger partial charge in [-0.25, -0.2) is 4.99 Å². The number of halogens is 1. The highest BCUT2D eigenvalue weighted by molar-refractivity contribution is 6.30. The van der Waals surface area contributed by atoms with Crippen LogP contribution in [0.15, 0.2) is 41.5 Å². The molecule has 0 aliphatic heterocycles. The molecule has 0 aromatic heterocycles. The summed E-state index contributed by atoms with van der Waals surface area (Å²) in [4.78, 5) is 3.91. The molecule has 0 aliphatic rings. The van der Waals surface area contributed by atoms with Crippen LogP contribution in [0.3, 0.4) is 0 Å². The fraction of sp³-hybridized carbons (Fsp3) is 0.154. The van der Waals surface area contributed by atoms with Crippen LogP contribution < -0.4 is 0 Å². The third-order valence-corrected chi connectivity index (χ3v) is 2.19. The van der Waals surface area contributed by atoms with Gasteiger partial charge in [0, 0.05) is 6.21 Å². The molecule has 2 heteroatoms. The van der Waals surface area contributed by atoms with Crippen molar-refractivity contribution in [2.24, 2.45) is 4.99 Å². The van der Waals surface area contributed by atoms with Gasteiger partial charge < -0.3 is 0 Å². The average molecular weight is 220 g/mol. The van der Waals surface area contributed by atoms with Gasteiger partial charge >= 0.3 is 0 Å². The lowest BCUT2D eigenvalue weighted by Crippen LogP contribution is -1.89. The Morgan fingerprint density at radius 1 is 1.33 bits per heavy atom. The Kier molecular flexibility index (Phi) is 3.87. The lowest BCUT2D eigenvalue weighted by molar-refractivity contribution is 1.36. The fourth-order valence-corrected chi connectivity index (χ4v) is 1.44. The van der Waals surface area contributed by atoms with Crippen molar-refractivity contribution in [2.45, 2.75) is 13.8 Å². The van der Waals surface area contributed by atoms with E-state index < -0.39 is 0 Å². The van der Waals surface area contributed by atoms with Gasteiger partial charge in [0.1, 0.15) is 5.16 Å². The molecule has 78 valence electrons. The summed E-state index contributed by atoms with van der Waals surface area (Å²) < 4.78 is 0. The normalized spacial score (nSPS) is 10.6. The molecule has 0 amide bonds. The summed E-state index contributed by atoms with van der Waals surface area (Å²) in [6.07, 6.45) is 1.63. The van der Waals surface area contributed by atoms with Gasteiger partial charge in [-0.3, -0.25) is 0 Å². The predicted octanol–water partition coefficient (Wildman–Crippen LogP) is 4.10. The number of aryl methyl sites for hydroxylation is 2. The lowest BCUT2D eigenvalue weighted by Gasteiger charge is -2.05. The maximum Gasteiger partial charge on any atom is 0.121 e. The SMILES string of the molecule is C=C(Cl)/N=C\C(=C)c1ccc(C)cc1C. The van der Waals surface area contributed by atoms with Crippen LogP contribution in [0.25, 0.3) is 5.57 Å². The molecular weight excluding hydrogens is 206 g/mol. The molecule has 0 saturated heterocycles. The van der Waals surface area contributed by atoms with E-state index in [0.717, 1.165) is 11.1 Å². The number of rotatable bonds is 3. The van der Waals surface area contributed by atoms with Gasteiger partial charge in [0.25, 0.3) is 0 Å². The molecule has 15 heavy (non-hydrogen) atoms. The zero-order valence-corrected chi connectivity index (χ0v) is 9.80. The number of hydrogen-bond acceptors (Lipinski definition) is 1. The molecule has 1 aromatic rings. The second-order valence-electron chi connectivity index (χ2n) is 3.48. The Morgan fingerprint density at radius 2 is 2.00 bits per heavy atom. The van der Waals surface area contributed by atoms with Crippen molar-refractivity contribution in [1.82, 2.24) is 0 Å². The van der Waals surface area contributed by atoms with Crippen molar-refractivity contribution in [3.63, 3.8) is 0 Å². The predicted molar refractivity (Wildman–Crippen MR) is 68.4 cm³/mol. The van der Waals surface area contributed by atoms with Gasteiger partial charge in [0.15, 0.2) is 0 Å². The summed E-state index contributed by atoms with van der Waals surface area (Å²) in [5, 5.41) is 0.265. The minimum atomic E-state index is 0.265. The second kappa shape index (κ2) is 4.94. The number of hydrogen-bond donors (Lipinski definition) is 0. The minimum absolute atomic E-state index is 0.265. The van der Waals surface area contributed by atoms with Crippen molar-refractivity contribution < 1.29 is 0 Å². The first kappa shape index (κ1) is 11.7. The molecular formula is C13H14ClN. The van der Waals surface area contributed by atoms with Gasteiger partial charge in [-0.2, -0.15) is 0 Å². The van der Waals surface area contributed by atoms with Crippen LogP contribution in [-0.4, -0.2) is 6.21 Å². The van der Waals surface area contributed by atoms with E-state index >= 15 is 0 Å². The standard InChI is InChI=1S/C13H14ClN/c1-9-5-6-13(10(2)7-9)11(3)8-15-12(4)14/h5-8H,3-4H2,1-2H3/b15-8-. The number of benzene rings is 1. The molecule has 0 aliphatic carbocycles.